The molecule has 1 heterocycles. The molecule has 0 aliphatic carbocycles. The van der Waals surface area contributed by atoms with Gasteiger partial charge in [-0.15, -0.1) is 5.10 Å². The summed E-state index contributed by atoms with van der Waals surface area (Å²) in [5.74, 6) is 0.0584. The molecule has 0 atom stereocenters. The van der Waals surface area contributed by atoms with Crippen molar-refractivity contribution in [3.8, 4) is 6.07 Å². The maximum Gasteiger partial charge on any atom is 0.416 e. The summed E-state index contributed by atoms with van der Waals surface area (Å²) >= 11 is 1.13. The summed E-state index contributed by atoms with van der Waals surface area (Å²) in [7, 11) is 3.81. The lowest BCUT2D eigenvalue weighted by atomic mass is 10.1. The van der Waals surface area contributed by atoms with Crippen LogP contribution in [0.25, 0.3) is 0 Å². The third-order valence-corrected chi connectivity index (χ3v) is 4.17. The predicted molar refractivity (Wildman–Crippen MR) is 82.1 cm³/mol. The van der Waals surface area contributed by atoms with Crippen molar-refractivity contribution in [2.24, 2.45) is 0 Å². The van der Waals surface area contributed by atoms with E-state index < -0.39 is 11.7 Å². The highest BCUT2D eigenvalue weighted by molar-refractivity contribution is 7.98. The van der Waals surface area contributed by atoms with Gasteiger partial charge in [-0.3, -0.25) is 0 Å². The summed E-state index contributed by atoms with van der Waals surface area (Å²) in [6.45, 7) is 1.26. The van der Waals surface area contributed by atoms with E-state index in [1.165, 1.54) is 12.1 Å². The van der Waals surface area contributed by atoms with Gasteiger partial charge in [0.15, 0.2) is 0 Å². The van der Waals surface area contributed by atoms with Crippen molar-refractivity contribution in [2.75, 3.05) is 20.6 Å². The minimum absolute atomic E-state index is 0.0214. The molecule has 1 aromatic carbocycles. The smallest absolute Gasteiger partial charge is 0.308 e. The molecule has 0 saturated carbocycles. The van der Waals surface area contributed by atoms with E-state index in [-0.39, 0.29) is 16.9 Å². The molecule has 0 aliphatic rings. The highest BCUT2D eigenvalue weighted by Crippen LogP contribution is 2.35. The number of nitrogens with zero attached hydrogens (tertiary/aromatic N) is 6. The number of nitriles is 1. The van der Waals surface area contributed by atoms with Crippen molar-refractivity contribution in [3.05, 3.63) is 34.9 Å². The van der Waals surface area contributed by atoms with Crippen LogP contribution in [0.15, 0.2) is 23.4 Å². The van der Waals surface area contributed by atoms with Crippen molar-refractivity contribution >= 4 is 11.8 Å². The Morgan fingerprint density at radius 2 is 2.08 bits per heavy atom. The lowest BCUT2D eigenvalue weighted by Crippen LogP contribution is -2.19. The topological polar surface area (TPSA) is 70.6 Å². The first-order valence-electron chi connectivity index (χ1n) is 6.95. The molecule has 0 saturated heterocycles. The summed E-state index contributed by atoms with van der Waals surface area (Å²) in [5, 5.41) is 20.5. The fraction of sp³-hybridized carbons (Fsp3) is 0.429. The van der Waals surface area contributed by atoms with Crippen LogP contribution in [-0.2, 0) is 18.5 Å². The van der Waals surface area contributed by atoms with Crippen LogP contribution in [0.5, 0.6) is 0 Å². The molecule has 0 unspecified atom stereocenters. The quantitative estimate of drug-likeness (QED) is 0.741. The van der Waals surface area contributed by atoms with Gasteiger partial charge in [0.2, 0.25) is 5.16 Å². The Balaban J connectivity index is 2.16. The molecule has 0 radical (unpaired) electrons. The Labute approximate surface area is 141 Å². The molecule has 128 valence electrons. The van der Waals surface area contributed by atoms with Gasteiger partial charge < -0.3 is 4.90 Å². The van der Waals surface area contributed by atoms with E-state index in [1.807, 2.05) is 19.0 Å². The summed E-state index contributed by atoms with van der Waals surface area (Å²) in [5.41, 5.74) is -0.734. The summed E-state index contributed by atoms with van der Waals surface area (Å²) in [4.78, 5) is 1.96. The van der Waals surface area contributed by atoms with Crippen LogP contribution in [0.1, 0.15) is 16.7 Å². The highest BCUT2D eigenvalue weighted by Gasteiger charge is 2.33. The van der Waals surface area contributed by atoms with Crippen LogP contribution in [0.2, 0.25) is 0 Å². The Morgan fingerprint density at radius 1 is 1.33 bits per heavy atom. The SMILES string of the molecule is CN(C)CCn1nnnc1SCc1ccc(C#N)cc1C(F)(F)F. The molecule has 2 rings (SSSR count). The molecule has 0 spiro atoms. The van der Waals surface area contributed by atoms with Gasteiger partial charge in [-0.2, -0.15) is 18.4 Å². The van der Waals surface area contributed by atoms with Gasteiger partial charge in [0.05, 0.1) is 23.7 Å². The van der Waals surface area contributed by atoms with E-state index >= 15 is 0 Å². The summed E-state index contributed by atoms with van der Waals surface area (Å²) in [6.07, 6.45) is -4.51. The Kier molecular flexibility index (Phi) is 5.80. The number of halogens is 3. The number of tetrazole rings is 1. The van der Waals surface area contributed by atoms with E-state index in [9.17, 15) is 13.2 Å². The maximum atomic E-state index is 13.1. The van der Waals surface area contributed by atoms with Crippen molar-refractivity contribution in [1.82, 2.24) is 25.1 Å². The maximum absolute atomic E-state index is 13.1. The minimum Gasteiger partial charge on any atom is -0.308 e. The Morgan fingerprint density at radius 3 is 2.71 bits per heavy atom. The van der Waals surface area contributed by atoms with Crippen molar-refractivity contribution in [1.29, 1.82) is 5.26 Å². The first-order valence-corrected chi connectivity index (χ1v) is 7.93. The molecule has 0 amide bonds. The Hall–Kier alpha value is -2.12. The van der Waals surface area contributed by atoms with Crippen molar-refractivity contribution in [3.63, 3.8) is 0 Å². The third-order valence-electron chi connectivity index (χ3n) is 3.16. The van der Waals surface area contributed by atoms with Crippen LogP contribution < -0.4 is 0 Å². The number of hydrogen-bond donors (Lipinski definition) is 0. The monoisotopic (exact) mass is 356 g/mol. The molecule has 2 aromatic rings. The fourth-order valence-corrected chi connectivity index (χ4v) is 2.82. The first kappa shape index (κ1) is 18.2. The predicted octanol–water partition coefficient (Wildman–Crippen LogP) is 2.42. The number of hydrogen-bond acceptors (Lipinski definition) is 6. The number of thioether (sulfide) groups is 1. The van der Waals surface area contributed by atoms with Gasteiger partial charge in [0, 0.05) is 12.3 Å². The van der Waals surface area contributed by atoms with Crippen LogP contribution in [0, 0.1) is 11.3 Å². The van der Waals surface area contributed by atoms with Gasteiger partial charge in [0.25, 0.3) is 0 Å². The lowest BCUT2D eigenvalue weighted by molar-refractivity contribution is -0.138. The summed E-state index contributed by atoms with van der Waals surface area (Å²) in [6, 6.07) is 5.29. The van der Waals surface area contributed by atoms with E-state index in [2.05, 4.69) is 15.5 Å². The van der Waals surface area contributed by atoms with E-state index in [0.29, 0.717) is 18.2 Å². The molecule has 0 bridgehead atoms. The molecule has 0 fully saturated rings. The minimum atomic E-state index is -4.51. The number of benzene rings is 1. The second-order valence-electron chi connectivity index (χ2n) is 5.26. The molecule has 6 nitrogen and oxygen atoms in total. The van der Waals surface area contributed by atoms with E-state index in [0.717, 1.165) is 17.8 Å². The van der Waals surface area contributed by atoms with Crippen LogP contribution >= 0.6 is 11.8 Å². The zero-order valence-electron chi connectivity index (χ0n) is 13.1. The molecule has 0 aliphatic heterocycles. The molecule has 10 heteroatoms. The largest absolute Gasteiger partial charge is 0.416 e. The van der Waals surface area contributed by atoms with Gasteiger partial charge in [-0.05, 0) is 42.2 Å². The molecule has 0 N–H and O–H groups in total. The van der Waals surface area contributed by atoms with Crippen molar-refractivity contribution in [2.45, 2.75) is 23.6 Å². The number of likely N-dealkylation sites (N-methyl/N-ethyl adjacent to an activating group) is 1. The average molecular weight is 356 g/mol. The van der Waals surface area contributed by atoms with Gasteiger partial charge in [-0.1, -0.05) is 17.8 Å². The number of alkyl halides is 3. The third kappa shape index (κ3) is 4.69. The van der Waals surface area contributed by atoms with Crippen LogP contribution in [0.3, 0.4) is 0 Å². The van der Waals surface area contributed by atoms with E-state index in [1.54, 1.807) is 10.8 Å². The second-order valence-corrected chi connectivity index (χ2v) is 6.20. The van der Waals surface area contributed by atoms with E-state index in [4.69, 9.17) is 5.26 Å². The van der Waals surface area contributed by atoms with Crippen LogP contribution in [-0.4, -0.2) is 45.7 Å². The number of rotatable bonds is 6. The Bertz CT molecular complexity index is 735. The average Bonchev–Trinajstić information content (AvgIpc) is 2.97. The number of aromatic nitrogens is 4. The molecule has 1 aromatic heterocycles. The summed E-state index contributed by atoms with van der Waals surface area (Å²) < 4.78 is 41.0. The molecular formula is C14H15F3N6S. The second kappa shape index (κ2) is 7.63. The fourth-order valence-electron chi connectivity index (χ4n) is 1.91. The lowest BCUT2D eigenvalue weighted by Gasteiger charge is -2.13. The first-order chi connectivity index (χ1) is 11.3. The zero-order chi connectivity index (χ0) is 17.7. The van der Waals surface area contributed by atoms with Gasteiger partial charge in [-0.25, -0.2) is 4.68 Å². The van der Waals surface area contributed by atoms with Crippen LogP contribution in [0.4, 0.5) is 13.2 Å². The molecular weight excluding hydrogens is 341 g/mol. The normalized spacial score (nSPS) is 11.7. The standard InChI is InChI=1S/C14H15F3N6S/c1-22(2)5-6-23-13(19-20-21-23)24-9-11-4-3-10(8-18)7-12(11)14(15,16)17/h3-4,7H,5-6,9H2,1-2H3. The molecule has 24 heavy (non-hydrogen) atoms. The van der Waals surface area contributed by atoms with Gasteiger partial charge in [0.1, 0.15) is 0 Å². The van der Waals surface area contributed by atoms with Crippen molar-refractivity contribution < 1.29 is 13.2 Å². The van der Waals surface area contributed by atoms with Gasteiger partial charge >= 0.3 is 6.18 Å². The highest BCUT2D eigenvalue weighted by atomic mass is 32.2. The zero-order valence-corrected chi connectivity index (χ0v) is 13.9.